The molecule has 1 rings (SSSR count). The largest absolute Gasteiger partial charge is 0.411 e. The normalized spacial score (nSPS) is 10.9. The molecule has 0 radical (unpaired) electrons. The Morgan fingerprint density at radius 1 is 1.58 bits per heavy atom. The van der Waals surface area contributed by atoms with Crippen LogP contribution in [0.1, 0.15) is 11.1 Å². The first-order chi connectivity index (χ1) is 5.66. The first-order valence-corrected chi connectivity index (χ1v) is 4.36. The van der Waals surface area contributed by atoms with Crippen molar-refractivity contribution in [1.82, 2.24) is 0 Å². The van der Waals surface area contributed by atoms with Gasteiger partial charge in [-0.25, -0.2) is 4.39 Å². The standard InChI is InChI=1S/C8H7FINO/c1-5-2-3-6(4-11-12)7(9)8(5)10/h2-4,12H,1H3. The van der Waals surface area contributed by atoms with Gasteiger partial charge in [-0.05, 0) is 35.1 Å². The van der Waals surface area contributed by atoms with E-state index in [1.165, 1.54) is 0 Å². The van der Waals surface area contributed by atoms with Crippen molar-refractivity contribution in [3.05, 3.63) is 32.6 Å². The van der Waals surface area contributed by atoms with Gasteiger partial charge >= 0.3 is 0 Å². The summed E-state index contributed by atoms with van der Waals surface area (Å²) in [5.41, 5.74) is 1.18. The maximum absolute atomic E-state index is 13.2. The molecule has 0 saturated heterocycles. The van der Waals surface area contributed by atoms with Gasteiger partial charge in [0.05, 0.1) is 9.78 Å². The van der Waals surface area contributed by atoms with E-state index in [1.807, 2.05) is 29.5 Å². The SMILES string of the molecule is Cc1ccc(C=NO)c(F)c1I. The van der Waals surface area contributed by atoms with Gasteiger partial charge in [-0.15, -0.1) is 0 Å². The highest BCUT2D eigenvalue weighted by Gasteiger charge is 2.06. The highest BCUT2D eigenvalue weighted by Crippen LogP contribution is 2.17. The number of oxime groups is 1. The number of aryl methyl sites for hydroxylation is 1. The Labute approximate surface area is 83.2 Å². The topological polar surface area (TPSA) is 32.6 Å². The molecule has 0 heterocycles. The van der Waals surface area contributed by atoms with Crippen LogP contribution in [0.4, 0.5) is 4.39 Å². The average Bonchev–Trinajstić information content (AvgIpc) is 2.07. The predicted octanol–water partition coefficient (Wildman–Crippen LogP) is 2.55. The summed E-state index contributed by atoms with van der Waals surface area (Å²) < 4.78 is 13.8. The number of hydrogen-bond donors (Lipinski definition) is 1. The van der Waals surface area contributed by atoms with Crippen molar-refractivity contribution in [2.75, 3.05) is 0 Å². The van der Waals surface area contributed by atoms with Gasteiger partial charge in [-0.3, -0.25) is 0 Å². The Morgan fingerprint density at radius 2 is 2.25 bits per heavy atom. The lowest BCUT2D eigenvalue weighted by molar-refractivity contribution is 0.321. The second kappa shape index (κ2) is 3.84. The van der Waals surface area contributed by atoms with E-state index in [-0.39, 0.29) is 5.82 Å². The van der Waals surface area contributed by atoms with Gasteiger partial charge in [0.15, 0.2) is 0 Å². The molecule has 0 unspecified atom stereocenters. The van der Waals surface area contributed by atoms with Crippen LogP contribution in [0.25, 0.3) is 0 Å². The first kappa shape index (κ1) is 9.44. The van der Waals surface area contributed by atoms with Crippen LogP contribution in [0.2, 0.25) is 0 Å². The molecule has 64 valence electrons. The van der Waals surface area contributed by atoms with Crippen molar-refractivity contribution in [1.29, 1.82) is 0 Å². The molecule has 0 amide bonds. The third-order valence-corrected chi connectivity index (χ3v) is 2.83. The van der Waals surface area contributed by atoms with Gasteiger partial charge in [-0.1, -0.05) is 17.3 Å². The lowest BCUT2D eigenvalue weighted by Gasteiger charge is -2.01. The zero-order chi connectivity index (χ0) is 9.14. The molecule has 12 heavy (non-hydrogen) atoms. The van der Waals surface area contributed by atoms with Crippen molar-refractivity contribution < 1.29 is 9.60 Å². The molecule has 4 heteroatoms. The van der Waals surface area contributed by atoms with E-state index in [0.29, 0.717) is 9.13 Å². The van der Waals surface area contributed by atoms with E-state index in [9.17, 15) is 4.39 Å². The van der Waals surface area contributed by atoms with Crippen molar-refractivity contribution >= 4 is 28.8 Å². The van der Waals surface area contributed by atoms with Crippen LogP contribution in [-0.4, -0.2) is 11.4 Å². The molecule has 1 aromatic rings. The molecule has 0 aliphatic heterocycles. The molecular formula is C8H7FINO. The molecule has 0 aliphatic rings. The fraction of sp³-hybridized carbons (Fsp3) is 0.125. The molecule has 1 N–H and O–H groups in total. The summed E-state index contributed by atoms with van der Waals surface area (Å²) in [5, 5.41) is 11.0. The first-order valence-electron chi connectivity index (χ1n) is 3.29. The Bertz CT molecular complexity index is 325. The van der Waals surface area contributed by atoms with Crippen molar-refractivity contribution in [3.63, 3.8) is 0 Å². The number of rotatable bonds is 1. The summed E-state index contributed by atoms with van der Waals surface area (Å²) in [6.45, 7) is 1.82. The van der Waals surface area contributed by atoms with Crippen LogP contribution in [0.15, 0.2) is 17.3 Å². The third-order valence-electron chi connectivity index (χ3n) is 1.50. The summed E-state index contributed by atoms with van der Waals surface area (Å²) in [6.07, 6.45) is 1.08. The van der Waals surface area contributed by atoms with Crippen LogP contribution in [0, 0.1) is 16.3 Å². The maximum Gasteiger partial charge on any atom is 0.145 e. The van der Waals surface area contributed by atoms with Crippen molar-refractivity contribution in [2.24, 2.45) is 5.16 Å². The molecule has 0 saturated carbocycles. The minimum atomic E-state index is -0.339. The van der Waals surface area contributed by atoms with Gasteiger partial charge in [0.25, 0.3) is 0 Å². The Hall–Kier alpha value is -0.650. The lowest BCUT2D eigenvalue weighted by Crippen LogP contribution is -1.94. The van der Waals surface area contributed by atoms with E-state index in [2.05, 4.69) is 5.16 Å². The molecule has 1 aromatic carbocycles. The summed E-state index contributed by atoms with van der Waals surface area (Å²) in [4.78, 5) is 0. The van der Waals surface area contributed by atoms with Crippen LogP contribution in [0.5, 0.6) is 0 Å². The highest BCUT2D eigenvalue weighted by molar-refractivity contribution is 14.1. The fourth-order valence-electron chi connectivity index (χ4n) is 0.823. The van der Waals surface area contributed by atoms with Gasteiger partial charge in [0.1, 0.15) is 5.82 Å². The molecule has 0 fully saturated rings. The molecule has 0 atom stereocenters. The highest BCUT2D eigenvalue weighted by atomic mass is 127. The van der Waals surface area contributed by atoms with E-state index in [1.54, 1.807) is 12.1 Å². The van der Waals surface area contributed by atoms with Crippen LogP contribution < -0.4 is 0 Å². The molecule has 2 nitrogen and oxygen atoms in total. The maximum atomic E-state index is 13.2. The van der Waals surface area contributed by atoms with E-state index >= 15 is 0 Å². The van der Waals surface area contributed by atoms with Gasteiger partial charge in [0.2, 0.25) is 0 Å². The summed E-state index contributed by atoms with van der Waals surface area (Å²) in [5.74, 6) is -0.339. The molecule has 0 aliphatic carbocycles. The smallest absolute Gasteiger partial charge is 0.145 e. The van der Waals surface area contributed by atoms with E-state index in [4.69, 9.17) is 5.21 Å². The zero-order valence-corrected chi connectivity index (χ0v) is 8.54. The third kappa shape index (κ3) is 1.74. The summed E-state index contributed by atoms with van der Waals surface area (Å²) in [7, 11) is 0. The molecule has 0 spiro atoms. The number of hydrogen-bond acceptors (Lipinski definition) is 2. The molecule has 0 aromatic heterocycles. The van der Waals surface area contributed by atoms with Crippen molar-refractivity contribution in [3.8, 4) is 0 Å². The predicted molar refractivity (Wildman–Crippen MR) is 53.2 cm³/mol. The summed E-state index contributed by atoms with van der Waals surface area (Å²) >= 11 is 1.92. The number of benzene rings is 1. The van der Waals surface area contributed by atoms with Crippen molar-refractivity contribution in [2.45, 2.75) is 6.92 Å². The van der Waals surface area contributed by atoms with Gasteiger partial charge in [-0.2, -0.15) is 0 Å². The second-order valence-corrected chi connectivity index (χ2v) is 3.42. The van der Waals surface area contributed by atoms with E-state index < -0.39 is 0 Å². The Morgan fingerprint density at radius 3 is 2.83 bits per heavy atom. The second-order valence-electron chi connectivity index (χ2n) is 2.34. The minimum Gasteiger partial charge on any atom is -0.411 e. The minimum absolute atomic E-state index is 0.299. The molecule has 0 bridgehead atoms. The van der Waals surface area contributed by atoms with Gasteiger partial charge in [0, 0.05) is 5.56 Å². The molecular weight excluding hydrogens is 272 g/mol. The Balaban J connectivity index is 3.26. The van der Waals surface area contributed by atoms with Crippen LogP contribution >= 0.6 is 22.6 Å². The van der Waals surface area contributed by atoms with Crippen LogP contribution in [0.3, 0.4) is 0 Å². The Kier molecular flexibility index (Phi) is 3.02. The van der Waals surface area contributed by atoms with Crippen LogP contribution in [-0.2, 0) is 0 Å². The number of halogens is 2. The fourth-order valence-corrected chi connectivity index (χ4v) is 1.31. The average molecular weight is 279 g/mol. The monoisotopic (exact) mass is 279 g/mol. The zero-order valence-electron chi connectivity index (χ0n) is 6.38. The quantitative estimate of drug-likeness (QED) is 0.364. The van der Waals surface area contributed by atoms with Gasteiger partial charge < -0.3 is 5.21 Å². The lowest BCUT2D eigenvalue weighted by atomic mass is 10.1. The van der Waals surface area contributed by atoms with E-state index in [0.717, 1.165) is 11.8 Å². The number of nitrogens with zero attached hydrogens (tertiary/aromatic N) is 1. The summed E-state index contributed by atoms with van der Waals surface area (Å²) in [6, 6.07) is 3.36.